The van der Waals surface area contributed by atoms with Crippen molar-refractivity contribution in [3.05, 3.63) is 57.7 Å². The van der Waals surface area contributed by atoms with Gasteiger partial charge in [0.25, 0.3) is 5.91 Å². The number of benzene rings is 2. The SMILES string of the molecule is CCCOc1ccc(CNC(=O)COc2ccc(I)cc2)cc1. The van der Waals surface area contributed by atoms with Crippen LogP contribution in [0.15, 0.2) is 48.5 Å². The van der Waals surface area contributed by atoms with Gasteiger partial charge in [-0.25, -0.2) is 0 Å². The number of amides is 1. The van der Waals surface area contributed by atoms with Crippen molar-refractivity contribution >= 4 is 28.5 Å². The summed E-state index contributed by atoms with van der Waals surface area (Å²) in [4.78, 5) is 11.8. The van der Waals surface area contributed by atoms with E-state index in [-0.39, 0.29) is 12.5 Å². The molecule has 0 atom stereocenters. The monoisotopic (exact) mass is 425 g/mol. The van der Waals surface area contributed by atoms with Crippen molar-refractivity contribution in [2.24, 2.45) is 0 Å². The van der Waals surface area contributed by atoms with Gasteiger partial charge in [-0.3, -0.25) is 4.79 Å². The first-order valence-corrected chi connectivity index (χ1v) is 8.62. The van der Waals surface area contributed by atoms with Crippen molar-refractivity contribution in [1.82, 2.24) is 5.32 Å². The van der Waals surface area contributed by atoms with Crippen LogP contribution in [0, 0.1) is 3.57 Å². The van der Waals surface area contributed by atoms with Crippen molar-refractivity contribution in [1.29, 1.82) is 0 Å². The molecule has 0 aliphatic heterocycles. The Bertz CT molecular complexity index is 611. The van der Waals surface area contributed by atoms with E-state index in [0.717, 1.165) is 21.3 Å². The zero-order valence-corrected chi connectivity index (χ0v) is 15.2. The van der Waals surface area contributed by atoms with Crippen LogP contribution in [0.1, 0.15) is 18.9 Å². The summed E-state index contributed by atoms with van der Waals surface area (Å²) in [5.74, 6) is 1.40. The lowest BCUT2D eigenvalue weighted by atomic mass is 10.2. The normalized spacial score (nSPS) is 10.2. The van der Waals surface area contributed by atoms with E-state index in [2.05, 4.69) is 34.8 Å². The Morgan fingerprint density at radius 3 is 2.26 bits per heavy atom. The van der Waals surface area contributed by atoms with Gasteiger partial charge in [-0.15, -0.1) is 0 Å². The van der Waals surface area contributed by atoms with Gasteiger partial charge in [-0.1, -0.05) is 19.1 Å². The average molecular weight is 425 g/mol. The maximum Gasteiger partial charge on any atom is 0.258 e. The van der Waals surface area contributed by atoms with Gasteiger partial charge in [-0.2, -0.15) is 0 Å². The van der Waals surface area contributed by atoms with Crippen molar-refractivity contribution in [3.63, 3.8) is 0 Å². The molecule has 0 saturated heterocycles. The summed E-state index contributed by atoms with van der Waals surface area (Å²) < 4.78 is 12.1. The highest BCUT2D eigenvalue weighted by Crippen LogP contribution is 2.14. The molecule has 2 rings (SSSR count). The summed E-state index contributed by atoms with van der Waals surface area (Å²) in [5, 5.41) is 2.84. The molecule has 2 aromatic carbocycles. The molecule has 0 aliphatic rings. The summed E-state index contributed by atoms with van der Waals surface area (Å²) in [6.07, 6.45) is 0.984. The summed E-state index contributed by atoms with van der Waals surface area (Å²) >= 11 is 2.22. The highest BCUT2D eigenvalue weighted by Gasteiger charge is 2.03. The molecule has 2 aromatic rings. The summed E-state index contributed by atoms with van der Waals surface area (Å²) in [6, 6.07) is 15.3. The topological polar surface area (TPSA) is 47.6 Å². The van der Waals surface area contributed by atoms with Crippen molar-refractivity contribution in [3.8, 4) is 11.5 Å². The highest BCUT2D eigenvalue weighted by molar-refractivity contribution is 14.1. The molecule has 122 valence electrons. The van der Waals surface area contributed by atoms with Crippen LogP contribution < -0.4 is 14.8 Å². The predicted octanol–water partition coefficient (Wildman–Crippen LogP) is 3.78. The van der Waals surface area contributed by atoms with Crippen LogP contribution in [0.3, 0.4) is 0 Å². The minimum Gasteiger partial charge on any atom is -0.494 e. The lowest BCUT2D eigenvalue weighted by Crippen LogP contribution is -2.28. The van der Waals surface area contributed by atoms with Crippen LogP contribution in [0.25, 0.3) is 0 Å². The number of rotatable bonds is 8. The Morgan fingerprint density at radius 2 is 1.61 bits per heavy atom. The molecule has 1 N–H and O–H groups in total. The molecule has 0 spiro atoms. The second-order valence-electron chi connectivity index (χ2n) is 5.01. The Kier molecular flexibility index (Phi) is 7.19. The molecule has 0 saturated carbocycles. The number of nitrogens with one attached hydrogen (secondary N) is 1. The van der Waals surface area contributed by atoms with Crippen LogP contribution in [0.4, 0.5) is 0 Å². The van der Waals surface area contributed by atoms with E-state index in [1.807, 2.05) is 48.5 Å². The molecule has 0 heterocycles. The molecule has 23 heavy (non-hydrogen) atoms. The first-order valence-electron chi connectivity index (χ1n) is 7.54. The van der Waals surface area contributed by atoms with Gasteiger partial charge in [0.2, 0.25) is 0 Å². The Hall–Kier alpha value is -1.76. The zero-order valence-electron chi connectivity index (χ0n) is 13.0. The second kappa shape index (κ2) is 9.39. The first-order chi connectivity index (χ1) is 11.2. The fourth-order valence-corrected chi connectivity index (χ4v) is 2.21. The number of carbonyl (C=O) groups is 1. The third-order valence-corrected chi connectivity index (χ3v) is 3.79. The van der Waals surface area contributed by atoms with Gasteiger partial charge in [0.1, 0.15) is 11.5 Å². The van der Waals surface area contributed by atoms with Gasteiger partial charge < -0.3 is 14.8 Å². The van der Waals surface area contributed by atoms with Gasteiger partial charge in [-0.05, 0) is 71.0 Å². The van der Waals surface area contributed by atoms with Gasteiger partial charge in [0.15, 0.2) is 6.61 Å². The van der Waals surface area contributed by atoms with E-state index >= 15 is 0 Å². The van der Waals surface area contributed by atoms with Crippen LogP contribution in [-0.2, 0) is 11.3 Å². The standard InChI is InChI=1S/C18H20INO3/c1-2-11-22-16-7-3-14(4-8-16)12-20-18(21)13-23-17-9-5-15(19)6-10-17/h3-10H,2,11-13H2,1H3,(H,20,21). The third kappa shape index (κ3) is 6.48. The molecule has 0 aliphatic carbocycles. The van der Waals surface area contributed by atoms with Crippen LogP contribution >= 0.6 is 22.6 Å². The minimum atomic E-state index is -0.144. The van der Waals surface area contributed by atoms with Gasteiger partial charge in [0.05, 0.1) is 6.61 Å². The van der Waals surface area contributed by atoms with Crippen molar-refractivity contribution < 1.29 is 14.3 Å². The first kappa shape index (κ1) is 17.6. The minimum absolute atomic E-state index is 0.0122. The van der Waals surface area contributed by atoms with Gasteiger partial charge in [0, 0.05) is 10.1 Å². The van der Waals surface area contributed by atoms with Crippen molar-refractivity contribution in [2.45, 2.75) is 19.9 Å². The quantitative estimate of drug-likeness (QED) is 0.656. The summed E-state index contributed by atoms with van der Waals surface area (Å²) in [7, 11) is 0. The van der Waals surface area contributed by atoms with E-state index < -0.39 is 0 Å². The van der Waals surface area contributed by atoms with E-state index in [4.69, 9.17) is 9.47 Å². The molecule has 1 amide bonds. The number of hydrogen-bond acceptors (Lipinski definition) is 3. The van der Waals surface area contributed by atoms with Crippen molar-refractivity contribution in [2.75, 3.05) is 13.2 Å². The molecule has 0 radical (unpaired) electrons. The molecule has 0 bridgehead atoms. The summed E-state index contributed by atoms with van der Waals surface area (Å²) in [5.41, 5.74) is 1.02. The fraction of sp³-hybridized carbons (Fsp3) is 0.278. The Labute approximate surface area is 150 Å². The third-order valence-electron chi connectivity index (χ3n) is 3.07. The van der Waals surface area contributed by atoms with E-state index in [1.165, 1.54) is 0 Å². The zero-order chi connectivity index (χ0) is 16.5. The Morgan fingerprint density at radius 1 is 1.00 bits per heavy atom. The summed E-state index contributed by atoms with van der Waals surface area (Å²) in [6.45, 7) is 3.27. The second-order valence-corrected chi connectivity index (χ2v) is 6.26. The lowest BCUT2D eigenvalue weighted by Gasteiger charge is -2.09. The molecule has 0 unspecified atom stereocenters. The molecular formula is C18H20INO3. The average Bonchev–Trinajstić information content (AvgIpc) is 2.58. The maximum absolute atomic E-state index is 11.8. The molecule has 4 nitrogen and oxygen atoms in total. The smallest absolute Gasteiger partial charge is 0.258 e. The van der Waals surface area contributed by atoms with Crippen LogP contribution in [0.2, 0.25) is 0 Å². The number of hydrogen-bond donors (Lipinski definition) is 1. The number of halogens is 1. The lowest BCUT2D eigenvalue weighted by molar-refractivity contribution is -0.123. The number of carbonyl (C=O) groups excluding carboxylic acids is 1. The molecular weight excluding hydrogens is 405 g/mol. The fourth-order valence-electron chi connectivity index (χ4n) is 1.85. The largest absolute Gasteiger partial charge is 0.494 e. The van der Waals surface area contributed by atoms with E-state index in [1.54, 1.807) is 0 Å². The maximum atomic E-state index is 11.8. The predicted molar refractivity (Wildman–Crippen MR) is 98.7 cm³/mol. The molecule has 5 heteroatoms. The van der Waals surface area contributed by atoms with Gasteiger partial charge >= 0.3 is 0 Å². The van der Waals surface area contributed by atoms with E-state index in [9.17, 15) is 4.79 Å². The van der Waals surface area contributed by atoms with Crippen LogP contribution in [0.5, 0.6) is 11.5 Å². The Balaban J connectivity index is 1.72. The molecule has 0 fully saturated rings. The molecule has 0 aromatic heterocycles. The number of ether oxygens (including phenoxy) is 2. The highest BCUT2D eigenvalue weighted by atomic mass is 127. The van der Waals surface area contributed by atoms with E-state index in [0.29, 0.717) is 18.9 Å². The van der Waals surface area contributed by atoms with Crippen LogP contribution in [-0.4, -0.2) is 19.1 Å².